The van der Waals surface area contributed by atoms with Crippen LogP contribution in [0.15, 0.2) is 42.6 Å². The highest BCUT2D eigenvalue weighted by atomic mass is 19.4. The van der Waals surface area contributed by atoms with Crippen LogP contribution in [0.1, 0.15) is 15.9 Å². The fraction of sp³-hybridized carbons (Fsp3) is 0.278. The number of pyridine rings is 1. The van der Waals surface area contributed by atoms with Gasteiger partial charge in [0.15, 0.2) is 6.61 Å². The summed E-state index contributed by atoms with van der Waals surface area (Å²) in [5, 5.41) is 2.59. The highest BCUT2D eigenvalue weighted by Gasteiger charge is 2.28. The Balaban J connectivity index is 1.91. The number of anilines is 1. The molecule has 9 heteroatoms. The minimum absolute atomic E-state index is 0.00482. The maximum Gasteiger partial charge on any atom is 0.422 e. The Hall–Kier alpha value is -3.10. The van der Waals surface area contributed by atoms with E-state index in [2.05, 4.69) is 15.0 Å². The summed E-state index contributed by atoms with van der Waals surface area (Å²) >= 11 is 0. The van der Waals surface area contributed by atoms with E-state index in [1.54, 1.807) is 18.3 Å². The molecule has 1 aromatic heterocycles. The van der Waals surface area contributed by atoms with Crippen molar-refractivity contribution in [3.8, 4) is 5.75 Å². The number of nitrogens with zero attached hydrogens (tertiary/aromatic N) is 2. The zero-order valence-corrected chi connectivity index (χ0v) is 14.7. The third-order valence-corrected chi connectivity index (χ3v) is 3.41. The average Bonchev–Trinajstić information content (AvgIpc) is 2.59. The first-order valence-electron chi connectivity index (χ1n) is 7.91. The highest BCUT2D eigenvalue weighted by Crippen LogP contribution is 2.19. The Bertz CT molecular complexity index is 807. The van der Waals surface area contributed by atoms with E-state index in [1.807, 2.05) is 6.92 Å². The Morgan fingerprint density at radius 2 is 1.85 bits per heavy atom. The number of halogens is 3. The smallest absolute Gasteiger partial charge is 0.422 e. The Kier molecular flexibility index (Phi) is 6.38. The van der Waals surface area contributed by atoms with Crippen LogP contribution in [0.2, 0.25) is 0 Å². The molecule has 144 valence electrons. The minimum atomic E-state index is -4.44. The van der Waals surface area contributed by atoms with E-state index >= 15 is 0 Å². The highest BCUT2D eigenvalue weighted by molar-refractivity contribution is 5.99. The fourth-order valence-electron chi connectivity index (χ4n) is 2.15. The zero-order chi connectivity index (χ0) is 20.0. The molecular weight excluding hydrogens is 363 g/mol. The van der Waals surface area contributed by atoms with Crippen LogP contribution in [0.25, 0.3) is 0 Å². The lowest BCUT2D eigenvalue weighted by Gasteiger charge is -2.17. The third-order valence-electron chi connectivity index (χ3n) is 3.41. The van der Waals surface area contributed by atoms with Gasteiger partial charge in [0.2, 0.25) is 5.91 Å². The number of rotatable bonds is 6. The number of benzene rings is 1. The summed E-state index contributed by atoms with van der Waals surface area (Å²) in [4.78, 5) is 29.6. The van der Waals surface area contributed by atoms with Crippen LogP contribution in [0.3, 0.4) is 0 Å². The topological polar surface area (TPSA) is 71.5 Å². The van der Waals surface area contributed by atoms with Gasteiger partial charge in [-0.1, -0.05) is 0 Å². The number of aryl methyl sites for hydroxylation is 1. The van der Waals surface area contributed by atoms with Crippen LogP contribution in [-0.4, -0.2) is 48.1 Å². The molecule has 0 aliphatic rings. The van der Waals surface area contributed by atoms with E-state index in [-0.39, 0.29) is 17.9 Å². The Morgan fingerprint density at radius 3 is 2.44 bits per heavy atom. The van der Waals surface area contributed by atoms with E-state index in [0.717, 1.165) is 5.56 Å². The monoisotopic (exact) mass is 381 g/mol. The van der Waals surface area contributed by atoms with E-state index < -0.39 is 24.6 Å². The average molecular weight is 381 g/mol. The second-order valence-corrected chi connectivity index (χ2v) is 5.86. The van der Waals surface area contributed by atoms with Gasteiger partial charge < -0.3 is 15.0 Å². The Morgan fingerprint density at radius 1 is 1.19 bits per heavy atom. The van der Waals surface area contributed by atoms with Gasteiger partial charge in [0.25, 0.3) is 5.91 Å². The van der Waals surface area contributed by atoms with Gasteiger partial charge in [0.05, 0.1) is 6.54 Å². The molecule has 6 nitrogen and oxygen atoms in total. The first-order valence-corrected chi connectivity index (χ1v) is 7.91. The van der Waals surface area contributed by atoms with Gasteiger partial charge in [0, 0.05) is 18.8 Å². The first-order chi connectivity index (χ1) is 12.6. The lowest BCUT2D eigenvalue weighted by molar-refractivity contribution is -0.153. The van der Waals surface area contributed by atoms with Crippen molar-refractivity contribution in [2.75, 3.05) is 25.5 Å². The summed E-state index contributed by atoms with van der Waals surface area (Å²) in [7, 11) is 1.44. The van der Waals surface area contributed by atoms with Crippen molar-refractivity contribution in [2.45, 2.75) is 13.1 Å². The van der Waals surface area contributed by atoms with Crippen molar-refractivity contribution >= 4 is 17.6 Å². The van der Waals surface area contributed by atoms with Crippen LogP contribution in [0, 0.1) is 6.92 Å². The normalized spacial score (nSPS) is 11.0. The number of carbonyl (C=O) groups excluding carboxylic acids is 2. The largest absolute Gasteiger partial charge is 0.484 e. The molecule has 0 saturated carbocycles. The molecule has 0 radical (unpaired) electrons. The fourth-order valence-corrected chi connectivity index (χ4v) is 2.15. The van der Waals surface area contributed by atoms with Gasteiger partial charge in [-0.25, -0.2) is 4.98 Å². The number of ether oxygens (including phenoxy) is 1. The molecule has 27 heavy (non-hydrogen) atoms. The molecule has 0 saturated heterocycles. The predicted octanol–water partition coefficient (Wildman–Crippen LogP) is 3.04. The molecule has 2 amide bonds. The lowest BCUT2D eigenvalue weighted by Crippen LogP contribution is -2.35. The molecule has 0 aliphatic heterocycles. The standard InChI is InChI=1S/C18H18F3N3O3/c1-12-7-8-22-15(9-12)23-16(25)10-24(2)17(26)13-3-5-14(6-4-13)27-11-18(19,20)21/h3-9H,10-11H2,1-2H3,(H,22,23,25). The van der Waals surface area contributed by atoms with Gasteiger partial charge in [-0.05, 0) is 48.9 Å². The summed E-state index contributed by atoms with van der Waals surface area (Å²) in [6.45, 7) is 0.239. The van der Waals surface area contributed by atoms with E-state index in [9.17, 15) is 22.8 Å². The summed E-state index contributed by atoms with van der Waals surface area (Å²) in [6, 6.07) is 8.69. The summed E-state index contributed by atoms with van der Waals surface area (Å²) in [5.74, 6) is -0.499. The molecule has 0 unspecified atom stereocenters. The first kappa shape index (κ1) is 20.2. The van der Waals surface area contributed by atoms with Crippen LogP contribution in [0.4, 0.5) is 19.0 Å². The van der Waals surface area contributed by atoms with Crippen LogP contribution in [0.5, 0.6) is 5.75 Å². The molecule has 0 atom stereocenters. The molecule has 0 bridgehead atoms. The van der Waals surface area contributed by atoms with E-state index in [0.29, 0.717) is 5.82 Å². The number of alkyl halides is 3. The molecule has 1 heterocycles. The van der Waals surface area contributed by atoms with Crippen LogP contribution in [-0.2, 0) is 4.79 Å². The predicted molar refractivity (Wildman–Crippen MR) is 92.6 cm³/mol. The minimum Gasteiger partial charge on any atom is -0.484 e. The number of aromatic nitrogens is 1. The molecule has 0 fully saturated rings. The number of hydrogen-bond acceptors (Lipinski definition) is 4. The van der Waals surface area contributed by atoms with Crippen molar-refractivity contribution in [1.29, 1.82) is 0 Å². The van der Waals surface area contributed by atoms with Gasteiger partial charge in [-0.3, -0.25) is 9.59 Å². The molecule has 2 aromatic rings. The number of hydrogen-bond donors (Lipinski definition) is 1. The number of likely N-dealkylation sites (N-methyl/N-ethyl adjacent to an activating group) is 1. The van der Waals surface area contributed by atoms with Crippen LogP contribution >= 0.6 is 0 Å². The second-order valence-electron chi connectivity index (χ2n) is 5.86. The summed E-state index contributed by atoms with van der Waals surface area (Å²) in [6.07, 6.45) is -2.88. The second kappa shape index (κ2) is 8.52. The molecular formula is C18H18F3N3O3. The van der Waals surface area contributed by atoms with Gasteiger partial charge in [-0.2, -0.15) is 13.2 Å². The van der Waals surface area contributed by atoms with Gasteiger partial charge in [0.1, 0.15) is 11.6 Å². The van der Waals surface area contributed by atoms with E-state index in [4.69, 9.17) is 0 Å². The SMILES string of the molecule is Cc1ccnc(NC(=O)CN(C)C(=O)c2ccc(OCC(F)(F)F)cc2)c1. The van der Waals surface area contributed by atoms with Crippen molar-refractivity contribution in [3.63, 3.8) is 0 Å². The third kappa shape index (κ3) is 6.61. The number of amides is 2. The van der Waals surface area contributed by atoms with Crippen LogP contribution < -0.4 is 10.1 Å². The van der Waals surface area contributed by atoms with Crippen molar-refractivity contribution in [1.82, 2.24) is 9.88 Å². The maximum absolute atomic E-state index is 12.3. The molecule has 0 spiro atoms. The number of nitrogens with one attached hydrogen (secondary N) is 1. The molecule has 1 N–H and O–H groups in total. The quantitative estimate of drug-likeness (QED) is 0.835. The molecule has 1 aromatic carbocycles. The maximum atomic E-state index is 12.3. The van der Waals surface area contributed by atoms with Crippen molar-refractivity contribution < 1.29 is 27.5 Å². The van der Waals surface area contributed by atoms with Crippen molar-refractivity contribution in [3.05, 3.63) is 53.7 Å². The van der Waals surface area contributed by atoms with Gasteiger partial charge >= 0.3 is 6.18 Å². The lowest BCUT2D eigenvalue weighted by atomic mass is 10.2. The van der Waals surface area contributed by atoms with E-state index in [1.165, 1.54) is 36.2 Å². The zero-order valence-electron chi connectivity index (χ0n) is 14.7. The molecule has 0 aliphatic carbocycles. The van der Waals surface area contributed by atoms with Crippen molar-refractivity contribution in [2.24, 2.45) is 0 Å². The number of carbonyl (C=O) groups is 2. The molecule has 2 rings (SSSR count). The van der Waals surface area contributed by atoms with Gasteiger partial charge in [-0.15, -0.1) is 0 Å². The Labute approximate surface area is 154 Å². The summed E-state index contributed by atoms with van der Waals surface area (Å²) < 4.78 is 41.0. The summed E-state index contributed by atoms with van der Waals surface area (Å²) in [5.41, 5.74) is 1.15.